The molecule has 0 radical (unpaired) electrons. The Hall–Kier alpha value is -3.00. The van der Waals surface area contributed by atoms with Crippen molar-refractivity contribution in [2.24, 2.45) is 0 Å². The zero-order chi connectivity index (χ0) is 23.9. The van der Waals surface area contributed by atoms with E-state index in [1.807, 2.05) is 18.2 Å². The molecule has 1 aliphatic heterocycles. The van der Waals surface area contributed by atoms with E-state index >= 15 is 0 Å². The number of hydrogen-bond acceptors (Lipinski definition) is 6. The number of carbonyl (C=O) groups is 2. The lowest BCUT2D eigenvalue weighted by Crippen LogP contribution is -2.29. The monoisotopic (exact) mass is 494 g/mol. The smallest absolute Gasteiger partial charge is 0.269 e. The van der Waals surface area contributed by atoms with Gasteiger partial charge in [-0.15, -0.1) is 0 Å². The first-order valence-corrected chi connectivity index (χ1v) is 12.5. The van der Waals surface area contributed by atoms with Gasteiger partial charge in [-0.3, -0.25) is 14.5 Å². The van der Waals surface area contributed by atoms with Gasteiger partial charge in [-0.1, -0.05) is 35.4 Å². The predicted molar refractivity (Wildman–Crippen MR) is 140 cm³/mol. The van der Waals surface area contributed by atoms with Gasteiger partial charge in [0.05, 0.1) is 6.20 Å². The highest BCUT2D eigenvalue weighted by molar-refractivity contribution is 7.17. The van der Waals surface area contributed by atoms with Crippen molar-refractivity contribution in [2.75, 3.05) is 36.9 Å². The topological polar surface area (TPSA) is 65.5 Å². The summed E-state index contributed by atoms with van der Waals surface area (Å²) in [6.45, 7) is 3.05. The van der Waals surface area contributed by atoms with Crippen molar-refractivity contribution in [3.63, 3.8) is 0 Å². The van der Waals surface area contributed by atoms with Crippen LogP contribution in [0.3, 0.4) is 0 Å². The maximum absolute atomic E-state index is 12.8. The molecular formula is C26H27ClN4O2S. The number of ketones is 1. The molecule has 0 aliphatic carbocycles. The Morgan fingerprint density at radius 2 is 1.79 bits per heavy atom. The maximum Gasteiger partial charge on any atom is 0.269 e. The van der Waals surface area contributed by atoms with Gasteiger partial charge in [-0.2, -0.15) is 0 Å². The summed E-state index contributed by atoms with van der Waals surface area (Å²) in [7, 11) is 1.72. The van der Waals surface area contributed by atoms with Crippen LogP contribution < -0.4 is 10.2 Å². The van der Waals surface area contributed by atoms with Gasteiger partial charge >= 0.3 is 0 Å². The summed E-state index contributed by atoms with van der Waals surface area (Å²) in [5, 5.41) is 4.43. The maximum atomic E-state index is 12.8. The van der Waals surface area contributed by atoms with Gasteiger partial charge in [-0.25, -0.2) is 4.98 Å². The minimum atomic E-state index is -0.148. The molecule has 0 atom stereocenters. The van der Waals surface area contributed by atoms with Crippen LogP contribution in [0.25, 0.3) is 0 Å². The van der Waals surface area contributed by atoms with E-state index in [9.17, 15) is 9.59 Å². The van der Waals surface area contributed by atoms with Crippen molar-refractivity contribution in [3.05, 3.63) is 82.3 Å². The van der Waals surface area contributed by atoms with Gasteiger partial charge in [0.15, 0.2) is 10.9 Å². The highest BCUT2D eigenvalue weighted by atomic mass is 35.5. The molecule has 1 fully saturated rings. The van der Waals surface area contributed by atoms with Crippen LogP contribution in [0.4, 0.5) is 16.5 Å². The number of carbonyl (C=O) groups excluding carboxylic acids is 2. The van der Waals surface area contributed by atoms with Crippen LogP contribution >= 0.6 is 22.9 Å². The highest BCUT2D eigenvalue weighted by Crippen LogP contribution is 2.26. The molecule has 2 aromatic carbocycles. The lowest BCUT2D eigenvalue weighted by molar-refractivity contribution is 0.0995. The number of piperidine rings is 1. The van der Waals surface area contributed by atoms with Crippen LogP contribution in [-0.2, 0) is 0 Å². The quantitative estimate of drug-likeness (QED) is 0.305. The average molecular weight is 495 g/mol. The number of aromatic nitrogens is 1. The van der Waals surface area contributed by atoms with E-state index in [0.717, 1.165) is 31.0 Å². The van der Waals surface area contributed by atoms with E-state index < -0.39 is 0 Å². The second kappa shape index (κ2) is 11.4. The number of nitrogens with zero attached hydrogens (tertiary/aromatic N) is 3. The molecule has 0 saturated carbocycles. The van der Waals surface area contributed by atoms with Crippen molar-refractivity contribution in [3.8, 4) is 0 Å². The highest BCUT2D eigenvalue weighted by Gasteiger charge is 2.17. The number of hydrogen-bond donors (Lipinski definition) is 1. The molecule has 8 heteroatoms. The fourth-order valence-corrected chi connectivity index (χ4v) is 4.70. The first-order chi connectivity index (χ1) is 16.5. The number of likely N-dealkylation sites (tertiary alicyclic amines) is 1. The molecule has 3 aromatic rings. The third-order valence-corrected chi connectivity index (χ3v) is 6.89. The van der Waals surface area contributed by atoms with Crippen LogP contribution in [0.2, 0.25) is 5.02 Å². The first-order valence-electron chi connectivity index (χ1n) is 11.3. The molecule has 1 aliphatic rings. The van der Waals surface area contributed by atoms with Crippen LogP contribution in [-0.4, -0.2) is 48.3 Å². The SMILES string of the molecule is CN(C(=O)c1cnc(Nc2ccc(C(=O)/C=C/CN3CCCCC3)cc2)s1)c1ccc(Cl)cc1. The van der Waals surface area contributed by atoms with Crippen LogP contribution in [0.5, 0.6) is 0 Å². The van der Waals surface area contributed by atoms with Gasteiger partial charge in [0.1, 0.15) is 4.88 Å². The van der Waals surface area contributed by atoms with Crippen LogP contribution in [0.1, 0.15) is 39.3 Å². The Balaban J connectivity index is 1.32. The summed E-state index contributed by atoms with van der Waals surface area (Å²) in [6.07, 6.45) is 8.96. The molecule has 1 saturated heterocycles. The minimum Gasteiger partial charge on any atom is -0.332 e. The number of anilines is 3. The molecule has 4 rings (SSSR count). The number of halogens is 1. The molecule has 2 heterocycles. The molecule has 1 amide bonds. The Morgan fingerprint density at radius 3 is 2.50 bits per heavy atom. The van der Waals surface area contributed by atoms with E-state index in [2.05, 4.69) is 15.2 Å². The van der Waals surface area contributed by atoms with Gasteiger partial charge in [0, 0.05) is 35.6 Å². The molecule has 0 bridgehead atoms. The van der Waals surface area contributed by atoms with Crippen molar-refractivity contribution < 1.29 is 9.59 Å². The van der Waals surface area contributed by atoms with Gasteiger partial charge in [-0.05, 0) is 80.5 Å². The molecule has 176 valence electrons. The predicted octanol–water partition coefficient (Wildman–Crippen LogP) is 6.04. The number of rotatable bonds is 8. The summed E-state index contributed by atoms with van der Waals surface area (Å²) in [4.78, 5) is 34.0. The number of nitrogens with one attached hydrogen (secondary N) is 1. The molecule has 6 nitrogen and oxygen atoms in total. The normalized spacial score (nSPS) is 14.3. The van der Waals surface area contributed by atoms with Gasteiger partial charge in [0.2, 0.25) is 0 Å². The minimum absolute atomic E-state index is 0.00377. The number of allylic oxidation sites excluding steroid dienone is 1. The third kappa shape index (κ3) is 6.32. The largest absolute Gasteiger partial charge is 0.332 e. The first kappa shape index (κ1) is 24.1. The van der Waals surface area contributed by atoms with Crippen LogP contribution in [0.15, 0.2) is 66.9 Å². The molecule has 0 unspecified atom stereocenters. The van der Waals surface area contributed by atoms with Crippen molar-refractivity contribution in [1.82, 2.24) is 9.88 Å². The fraction of sp³-hybridized carbons (Fsp3) is 0.269. The number of benzene rings is 2. The van der Waals surface area contributed by atoms with E-state index in [4.69, 9.17) is 11.6 Å². The zero-order valence-corrected chi connectivity index (χ0v) is 20.6. The van der Waals surface area contributed by atoms with Crippen molar-refractivity contribution >= 4 is 51.1 Å². The third-order valence-electron chi connectivity index (χ3n) is 5.74. The zero-order valence-electron chi connectivity index (χ0n) is 19.0. The summed E-state index contributed by atoms with van der Waals surface area (Å²) in [5.74, 6) is -0.152. The van der Waals surface area contributed by atoms with Crippen molar-refractivity contribution in [2.45, 2.75) is 19.3 Å². The number of amides is 1. The lowest BCUT2D eigenvalue weighted by atomic mass is 10.1. The van der Waals surface area contributed by atoms with Crippen LogP contribution in [0, 0.1) is 0 Å². The molecule has 34 heavy (non-hydrogen) atoms. The number of thiazole rings is 1. The Kier molecular flexibility index (Phi) is 8.11. The second-order valence-electron chi connectivity index (χ2n) is 8.20. The van der Waals surface area contributed by atoms with Gasteiger partial charge in [0.25, 0.3) is 5.91 Å². The average Bonchev–Trinajstić information content (AvgIpc) is 3.33. The molecule has 1 aromatic heterocycles. The Bertz CT molecular complexity index is 1150. The summed E-state index contributed by atoms with van der Waals surface area (Å²) in [6, 6.07) is 14.4. The summed E-state index contributed by atoms with van der Waals surface area (Å²) in [5.41, 5.74) is 2.19. The Morgan fingerprint density at radius 1 is 1.09 bits per heavy atom. The van der Waals surface area contributed by atoms with Crippen molar-refractivity contribution in [1.29, 1.82) is 0 Å². The summed E-state index contributed by atoms with van der Waals surface area (Å²) < 4.78 is 0. The van der Waals surface area contributed by atoms with E-state index in [1.54, 1.807) is 60.6 Å². The Labute approximate surface area is 208 Å². The van der Waals surface area contributed by atoms with E-state index in [1.165, 1.54) is 30.6 Å². The molecule has 1 N–H and O–H groups in total. The lowest BCUT2D eigenvalue weighted by Gasteiger charge is -2.24. The molecule has 0 spiro atoms. The fourth-order valence-electron chi connectivity index (χ4n) is 3.77. The second-order valence-corrected chi connectivity index (χ2v) is 9.67. The van der Waals surface area contributed by atoms with E-state index in [0.29, 0.717) is 20.6 Å². The van der Waals surface area contributed by atoms with Gasteiger partial charge < -0.3 is 10.2 Å². The van der Waals surface area contributed by atoms with E-state index in [-0.39, 0.29) is 11.7 Å². The summed E-state index contributed by atoms with van der Waals surface area (Å²) >= 11 is 7.20. The molecular weight excluding hydrogens is 468 g/mol. The standard InChI is InChI=1S/C26H27ClN4O2S/c1-30(22-13-9-20(27)10-14-22)25(33)24-18-28-26(34-24)29-21-11-7-19(8-12-21)23(32)6-5-17-31-15-3-2-4-16-31/h5-14,18H,2-4,15-17H2,1H3,(H,28,29)/b6-5+.